The summed E-state index contributed by atoms with van der Waals surface area (Å²) in [6, 6.07) is 7.33. The molecule has 0 saturated heterocycles. The summed E-state index contributed by atoms with van der Waals surface area (Å²) in [5.74, 6) is 0.824. The molecule has 130 valence electrons. The molecule has 8 heteroatoms. The largest absolute Gasteiger partial charge is 0.493 e. The molecule has 0 aliphatic rings. The molecule has 3 aromatic rings. The van der Waals surface area contributed by atoms with Gasteiger partial charge in [0.2, 0.25) is 0 Å². The molecule has 0 aliphatic carbocycles. The number of hydrogen-bond acceptors (Lipinski definition) is 6. The van der Waals surface area contributed by atoms with Crippen LogP contribution in [-0.2, 0) is 0 Å². The maximum Gasteiger partial charge on any atom is 0.257 e. The SMILES string of the molecule is CCOc1c(Br)cc(C(=O)Nc2nc(-c3cccs3)cs2)cc1OC. The molecule has 0 atom stereocenters. The maximum atomic E-state index is 12.5. The van der Waals surface area contributed by atoms with Gasteiger partial charge in [0, 0.05) is 10.9 Å². The molecule has 5 nitrogen and oxygen atoms in total. The summed E-state index contributed by atoms with van der Waals surface area (Å²) in [7, 11) is 1.54. The minimum atomic E-state index is -0.255. The summed E-state index contributed by atoms with van der Waals surface area (Å²) >= 11 is 6.43. The van der Waals surface area contributed by atoms with Crippen molar-refractivity contribution < 1.29 is 14.3 Å². The van der Waals surface area contributed by atoms with E-state index in [0.717, 1.165) is 10.6 Å². The summed E-state index contributed by atoms with van der Waals surface area (Å²) in [5.41, 5.74) is 1.32. The quantitative estimate of drug-likeness (QED) is 0.567. The molecule has 0 aliphatic heterocycles. The van der Waals surface area contributed by atoms with Gasteiger partial charge >= 0.3 is 0 Å². The van der Waals surface area contributed by atoms with E-state index < -0.39 is 0 Å². The fourth-order valence-corrected chi connectivity index (χ4v) is 4.20. The fourth-order valence-electron chi connectivity index (χ4n) is 2.17. The number of carbonyl (C=O) groups is 1. The second kappa shape index (κ2) is 7.99. The molecule has 0 radical (unpaired) electrons. The zero-order valence-electron chi connectivity index (χ0n) is 13.5. The van der Waals surface area contributed by atoms with Crippen molar-refractivity contribution in [2.75, 3.05) is 19.0 Å². The van der Waals surface area contributed by atoms with Crippen molar-refractivity contribution in [1.29, 1.82) is 0 Å². The van der Waals surface area contributed by atoms with E-state index in [0.29, 0.717) is 33.3 Å². The average molecular weight is 439 g/mol. The van der Waals surface area contributed by atoms with Crippen molar-refractivity contribution in [1.82, 2.24) is 4.98 Å². The third-order valence-corrected chi connectivity index (χ3v) is 5.52. The molecule has 25 heavy (non-hydrogen) atoms. The molecule has 0 fully saturated rings. The first-order valence-electron chi connectivity index (χ1n) is 7.43. The smallest absolute Gasteiger partial charge is 0.257 e. The van der Waals surface area contributed by atoms with Gasteiger partial charge in [0.15, 0.2) is 16.6 Å². The number of hydrogen-bond donors (Lipinski definition) is 1. The average Bonchev–Trinajstić information content (AvgIpc) is 3.27. The van der Waals surface area contributed by atoms with Gasteiger partial charge in [-0.2, -0.15) is 0 Å². The highest BCUT2D eigenvalue weighted by Crippen LogP contribution is 2.37. The molecule has 2 heterocycles. The predicted molar refractivity (Wildman–Crippen MR) is 105 cm³/mol. The first kappa shape index (κ1) is 17.9. The van der Waals surface area contributed by atoms with Gasteiger partial charge in [-0.25, -0.2) is 4.98 Å². The number of anilines is 1. The van der Waals surface area contributed by atoms with Crippen molar-refractivity contribution in [3.05, 3.63) is 45.1 Å². The number of rotatable bonds is 6. The van der Waals surface area contributed by atoms with Crippen LogP contribution in [0.4, 0.5) is 5.13 Å². The van der Waals surface area contributed by atoms with Gasteiger partial charge in [-0.3, -0.25) is 10.1 Å². The van der Waals surface area contributed by atoms with Gasteiger partial charge in [-0.05, 0) is 46.4 Å². The Bertz CT molecular complexity index is 878. The van der Waals surface area contributed by atoms with E-state index in [4.69, 9.17) is 9.47 Å². The second-order valence-corrected chi connectivity index (χ2v) is 7.55. The predicted octanol–water partition coefficient (Wildman–Crippen LogP) is 5.29. The molecule has 0 unspecified atom stereocenters. The maximum absolute atomic E-state index is 12.5. The number of methoxy groups -OCH3 is 1. The zero-order chi connectivity index (χ0) is 17.8. The lowest BCUT2D eigenvalue weighted by atomic mass is 10.2. The van der Waals surface area contributed by atoms with E-state index in [1.807, 2.05) is 29.8 Å². The molecule has 2 aromatic heterocycles. The molecule has 0 saturated carbocycles. The van der Waals surface area contributed by atoms with E-state index in [2.05, 4.69) is 26.2 Å². The summed E-state index contributed by atoms with van der Waals surface area (Å²) in [6.45, 7) is 2.39. The Morgan fingerprint density at radius 1 is 1.36 bits per heavy atom. The summed E-state index contributed by atoms with van der Waals surface area (Å²) in [4.78, 5) is 18.1. The number of nitrogens with one attached hydrogen (secondary N) is 1. The van der Waals surface area contributed by atoms with Crippen LogP contribution in [0.1, 0.15) is 17.3 Å². The number of aromatic nitrogens is 1. The minimum Gasteiger partial charge on any atom is -0.493 e. The Hall–Kier alpha value is -1.90. The van der Waals surface area contributed by atoms with Crippen molar-refractivity contribution in [3.63, 3.8) is 0 Å². The number of nitrogens with zero attached hydrogens (tertiary/aromatic N) is 1. The minimum absolute atomic E-state index is 0.255. The molecule has 1 aromatic carbocycles. The monoisotopic (exact) mass is 438 g/mol. The highest BCUT2D eigenvalue weighted by Gasteiger charge is 2.16. The molecule has 0 spiro atoms. The number of thiazole rings is 1. The van der Waals surface area contributed by atoms with Gasteiger partial charge in [0.1, 0.15) is 0 Å². The molecular formula is C17H15BrN2O3S2. The van der Waals surface area contributed by atoms with Crippen LogP contribution in [0.3, 0.4) is 0 Å². The highest BCUT2D eigenvalue weighted by molar-refractivity contribution is 9.10. The Balaban J connectivity index is 1.80. The van der Waals surface area contributed by atoms with Crippen LogP contribution in [0.5, 0.6) is 11.5 Å². The molecule has 3 rings (SSSR count). The van der Waals surface area contributed by atoms with Crippen LogP contribution < -0.4 is 14.8 Å². The molecule has 1 N–H and O–H groups in total. The number of amides is 1. The Labute approximate surface area is 161 Å². The summed E-state index contributed by atoms with van der Waals surface area (Å²) in [6.07, 6.45) is 0. The van der Waals surface area contributed by atoms with E-state index in [1.54, 1.807) is 30.6 Å². The van der Waals surface area contributed by atoms with Crippen LogP contribution in [0.25, 0.3) is 10.6 Å². The van der Waals surface area contributed by atoms with Gasteiger partial charge in [0.25, 0.3) is 5.91 Å². The third kappa shape index (κ3) is 4.02. The Morgan fingerprint density at radius 3 is 2.88 bits per heavy atom. The molecule has 0 bridgehead atoms. The first-order valence-corrected chi connectivity index (χ1v) is 9.98. The lowest BCUT2D eigenvalue weighted by molar-refractivity contribution is 0.102. The molecule has 1 amide bonds. The number of benzene rings is 1. The normalized spacial score (nSPS) is 10.5. The highest BCUT2D eigenvalue weighted by atomic mass is 79.9. The number of thiophene rings is 1. The molecular weight excluding hydrogens is 424 g/mol. The van der Waals surface area contributed by atoms with Crippen LogP contribution in [0.15, 0.2) is 39.5 Å². The van der Waals surface area contributed by atoms with Gasteiger partial charge in [-0.15, -0.1) is 22.7 Å². The number of ether oxygens (including phenoxy) is 2. The zero-order valence-corrected chi connectivity index (χ0v) is 16.8. The Morgan fingerprint density at radius 2 is 2.20 bits per heavy atom. The van der Waals surface area contributed by atoms with E-state index in [9.17, 15) is 4.79 Å². The standard InChI is InChI=1S/C17H15BrN2O3S2/c1-3-23-15-11(18)7-10(8-13(15)22-2)16(21)20-17-19-12(9-25-17)14-5-4-6-24-14/h4-9H,3H2,1-2H3,(H,19,20,21). The van der Waals surface area contributed by atoms with Gasteiger partial charge < -0.3 is 9.47 Å². The summed E-state index contributed by atoms with van der Waals surface area (Å²) in [5, 5.41) is 7.30. The lowest BCUT2D eigenvalue weighted by Gasteiger charge is -2.13. The van der Waals surface area contributed by atoms with Crippen LogP contribution >= 0.6 is 38.6 Å². The number of halogens is 1. The Kier molecular flexibility index (Phi) is 5.72. The van der Waals surface area contributed by atoms with Gasteiger partial charge in [0.05, 0.1) is 28.8 Å². The van der Waals surface area contributed by atoms with Crippen molar-refractivity contribution >= 4 is 49.6 Å². The first-order chi connectivity index (χ1) is 12.1. The summed E-state index contributed by atoms with van der Waals surface area (Å²) < 4.78 is 11.5. The van der Waals surface area contributed by atoms with E-state index in [1.165, 1.54) is 11.3 Å². The second-order valence-electron chi connectivity index (χ2n) is 4.89. The van der Waals surface area contributed by atoms with Gasteiger partial charge in [-0.1, -0.05) is 6.07 Å². The van der Waals surface area contributed by atoms with Crippen molar-refractivity contribution in [2.24, 2.45) is 0 Å². The van der Waals surface area contributed by atoms with Crippen LogP contribution in [0.2, 0.25) is 0 Å². The fraction of sp³-hybridized carbons (Fsp3) is 0.176. The van der Waals surface area contributed by atoms with Crippen LogP contribution in [-0.4, -0.2) is 24.6 Å². The van der Waals surface area contributed by atoms with Crippen molar-refractivity contribution in [3.8, 4) is 22.1 Å². The van der Waals surface area contributed by atoms with Crippen LogP contribution in [0, 0.1) is 0 Å². The third-order valence-electron chi connectivity index (χ3n) is 3.28. The van der Waals surface area contributed by atoms with E-state index in [-0.39, 0.29) is 5.91 Å². The van der Waals surface area contributed by atoms with E-state index >= 15 is 0 Å². The lowest BCUT2D eigenvalue weighted by Crippen LogP contribution is -2.12. The van der Waals surface area contributed by atoms with Crippen molar-refractivity contribution in [2.45, 2.75) is 6.92 Å². The number of carbonyl (C=O) groups excluding carboxylic acids is 1. The topological polar surface area (TPSA) is 60.5 Å².